The molecule has 0 saturated heterocycles. The number of aliphatic hydroxyl groups is 1. The number of nitrogens with one attached hydrogen (secondary N) is 1. The lowest BCUT2D eigenvalue weighted by Crippen LogP contribution is -2.41. The Hall–Kier alpha value is -1.18. The molecule has 7 heteroatoms. The van der Waals surface area contributed by atoms with E-state index in [1.54, 1.807) is 0 Å². The van der Waals surface area contributed by atoms with Gasteiger partial charge < -0.3 is 26.6 Å². The number of ether oxygens (including phenoxy) is 1. The molecule has 0 heterocycles. The molecule has 82 valence electrons. The van der Waals surface area contributed by atoms with Crippen LogP contribution in [0.3, 0.4) is 0 Å². The van der Waals surface area contributed by atoms with Gasteiger partial charge in [0.2, 0.25) is 11.8 Å². The van der Waals surface area contributed by atoms with Gasteiger partial charge in [0.1, 0.15) is 12.7 Å². The second kappa shape index (κ2) is 7.25. The van der Waals surface area contributed by atoms with Crippen molar-refractivity contribution in [3.63, 3.8) is 0 Å². The monoisotopic (exact) mass is 205 g/mol. The Bertz CT molecular complexity index is 197. The molecule has 0 aliphatic heterocycles. The highest BCUT2D eigenvalue weighted by molar-refractivity contribution is 5.81. The molecule has 0 fully saturated rings. The molecule has 0 aromatic rings. The van der Waals surface area contributed by atoms with Crippen LogP contribution in [0, 0.1) is 0 Å². The summed E-state index contributed by atoms with van der Waals surface area (Å²) in [5, 5.41) is 11.2. The number of amides is 2. The van der Waals surface area contributed by atoms with E-state index in [0.717, 1.165) is 0 Å². The third-order valence-corrected chi connectivity index (χ3v) is 1.32. The number of carbonyl (C=O) groups excluding carboxylic acids is 2. The van der Waals surface area contributed by atoms with Crippen LogP contribution in [0.15, 0.2) is 0 Å². The normalized spacial score (nSPS) is 12.1. The van der Waals surface area contributed by atoms with Gasteiger partial charge in [-0.2, -0.15) is 0 Å². The van der Waals surface area contributed by atoms with Gasteiger partial charge in [-0.05, 0) is 0 Å². The third-order valence-electron chi connectivity index (χ3n) is 1.32. The van der Waals surface area contributed by atoms with E-state index >= 15 is 0 Å². The Balaban J connectivity index is 3.48. The van der Waals surface area contributed by atoms with E-state index < -0.39 is 17.9 Å². The highest BCUT2D eigenvalue weighted by Gasteiger charge is 2.11. The fourth-order valence-corrected chi connectivity index (χ4v) is 0.610. The molecule has 0 bridgehead atoms. The molecule has 7 nitrogen and oxygen atoms in total. The minimum absolute atomic E-state index is 0.150. The zero-order valence-corrected chi connectivity index (χ0v) is 7.73. The first kappa shape index (κ1) is 12.8. The molecule has 0 spiro atoms. The summed E-state index contributed by atoms with van der Waals surface area (Å²) in [5.41, 5.74) is 9.87. The van der Waals surface area contributed by atoms with Crippen LogP contribution in [0.1, 0.15) is 0 Å². The van der Waals surface area contributed by atoms with E-state index in [-0.39, 0.29) is 19.8 Å². The van der Waals surface area contributed by atoms with E-state index in [4.69, 9.17) is 21.3 Å². The van der Waals surface area contributed by atoms with E-state index in [1.165, 1.54) is 0 Å². The summed E-state index contributed by atoms with van der Waals surface area (Å²) < 4.78 is 4.80. The standard InChI is InChI=1S/C7H15N3O4/c8-1-2-14-4-6(12)10-3-5(11)7(9)13/h5,11H,1-4,8H2,(H2,9,13)(H,10,12). The maximum absolute atomic E-state index is 10.9. The van der Waals surface area contributed by atoms with Gasteiger partial charge in [-0.1, -0.05) is 0 Å². The van der Waals surface area contributed by atoms with Crippen molar-refractivity contribution in [3.8, 4) is 0 Å². The predicted molar refractivity (Wildman–Crippen MR) is 48.1 cm³/mol. The Morgan fingerprint density at radius 2 is 2.14 bits per heavy atom. The smallest absolute Gasteiger partial charge is 0.248 e. The van der Waals surface area contributed by atoms with Crippen LogP contribution in [0.2, 0.25) is 0 Å². The number of hydrogen-bond acceptors (Lipinski definition) is 5. The van der Waals surface area contributed by atoms with Crippen molar-refractivity contribution in [1.29, 1.82) is 0 Å². The minimum Gasteiger partial charge on any atom is -0.381 e. The second-order valence-corrected chi connectivity index (χ2v) is 2.56. The lowest BCUT2D eigenvalue weighted by molar-refractivity contribution is -0.128. The van der Waals surface area contributed by atoms with Crippen LogP contribution in [0.5, 0.6) is 0 Å². The van der Waals surface area contributed by atoms with Crippen molar-refractivity contribution in [1.82, 2.24) is 5.32 Å². The van der Waals surface area contributed by atoms with E-state index in [0.29, 0.717) is 6.54 Å². The van der Waals surface area contributed by atoms with Crippen LogP contribution < -0.4 is 16.8 Å². The van der Waals surface area contributed by atoms with Crippen molar-refractivity contribution >= 4 is 11.8 Å². The lowest BCUT2D eigenvalue weighted by Gasteiger charge is -2.08. The van der Waals surface area contributed by atoms with Gasteiger partial charge in [0.15, 0.2) is 0 Å². The Morgan fingerprint density at radius 1 is 1.50 bits per heavy atom. The molecule has 0 aliphatic rings. The van der Waals surface area contributed by atoms with Gasteiger partial charge in [-0.3, -0.25) is 9.59 Å². The van der Waals surface area contributed by atoms with Crippen molar-refractivity contribution < 1.29 is 19.4 Å². The SMILES string of the molecule is NCCOCC(=O)NCC(O)C(N)=O. The van der Waals surface area contributed by atoms with Gasteiger partial charge >= 0.3 is 0 Å². The average Bonchev–Trinajstić information content (AvgIpc) is 2.14. The van der Waals surface area contributed by atoms with Crippen LogP contribution in [0.4, 0.5) is 0 Å². The fraction of sp³-hybridized carbons (Fsp3) is 0.714. The molecule has 0 aromatic heterocycles. The summed E-state index contributed by atoms with van der Waals surface area (Å²) in [7, 11) is 0. The van der Waals surface area contributed by atoms with Gasteiger partial charge in [0.05, 0.1) is 13.2 Å². The van der Waals surface area contributed by atoms with E-state index in [1.807, 2.05) is 0 Å². The number of hydrogen-bond donors (Lipinski definition) is 4. The van der Waals surface area contributed by atoms with Crippen LogP contribution in [0.25, 0.3) is 0 Å². The second-order valence-electron chi connectivity index (χ2n) is 2.56. The minimum atomic E-state index is -1.37. The number of carbonyl (C=O) groups is 2. The molecule has 0 radical (unpaired) electrons. The first-order chi connectivity index (χ1) is 6.57. The maximum atomic E-state index is 10.9. The summed E-state index contributed by atoms with van der Waals surface area (Å²) in [6, 6.07) is 0. The molecule has 1 unspecified atom stereocenters. The molecule has 0 rings (SSSR count). The summed E-state index contributed by atoms with van der Waals surface area (Å²) in [6.07, 6.45) is -1.37. The van der Waals surface area contributed by atoms with Crippen molar-refractivity contribution in [2.24, 2.45) is 11.5 Å². The molecule has 6 N–H and O–H groups in total. The quantitative estimate of drug-likeness (QED) is 0.328. The molecule has 0 aliphatic carbocycles. The van der Waals surface area contributed by atoms with Crippen LogP contribution in [-0.2, 0) is 14.3 Å². The Morgan fingerprint density at radius 3 is 2.64 bits per heavy atom. The molecular weight excluding hydrogens is 190 g/mol. The number of rotatable bonds is 7. The van der Waals surface area contributed by atoms with E-state index in [2.05, 4.69) is 5.32 Å². The van der Waals surface area contributed by atoms with E-state index in [9.17, 15) is 9.59 Å². The first-order valence-electron chi connectivity index (χ1n) is 4.09. The van der Waals surface area contributed by atoms with Gasteiger partial charge in [-0.15, -0.1) is 0 Å². The first-order valence-corrected chi connectivity index (χ1v) is 4.09. The lowest BCUT2D eigenvalue weighted by atomic mass is 10.3. The summed E-state index contributed by atoms with van der Waals surface area (Å²) in [4.78, 5) is 21.3. The number of primary amides is 1. The third kappa shape index (κ3) is 6.35. The Kier molecular flexibility index (Phi) is 6.63. The van der Waals surface area contributed by atoms with Gasteiger partial charge in [0.25, 0.3) is 0 Å². The molecule has 1 atom stereocenters. The Labute approximate surface area is 81.4 Å². The topological polar surface area (TPSA) is 128 Å². The molecule has 14 heavy (non-hydrogen) atoms. The highest BCUT2D eigenvalue weighted by atomic mass is 16.5. The maximum Gasteiger partial charge on any atom is 0.248 e. The predicted octanol–water partition coefficient (Wildman–Crippen LogP) is -3.08. The van der Waals surface area contributed by atoms with Gasteiger partial charge in [0, 0.05) is 6.54 Å². The molecular formula is C7H15N3O4. The van der Waals surface area contributed by atoms with Crippen LogP contribution in [-0.4, -0.2) is 49.3 Å². The largest absolute Gasteiger partial charge is 0.381 e. The van der Waals surface area contributed by atoms with Crippen LogP contribution >= 0.6 is 0 Å². The van der Waals surface area contributed by atoms with Gasteiger partial charge in [-0.25, -0.2) is 0 Å². The molecule has 0 saturated carbocycles. The molecule has 0 aromatic carbocycles. The van der Waals surface area contributed by atoms with Crippen molar-refractivity contribution in [2.45, 2.75) is 6.10 Å². The highest BCUT2D eigenvalue weighted by Crippen LogP contribution is 1.79. The average molecular weight is 205 g/mol. The summed E-state index contributed by atoms with van der Waals surface area (Å²) >= 11 is 0. The molecule has 2 amide bonds. The summed E-state index contributed by atoms with van der Waals surface area (Å²) in [6.45, 7) is 0.256. The van der Waals surface area contributed by atoms with Crippen molar-refractivity contribution in [3.05, 3.63) is 0 Å². The zero-order valence-electron chi connectivity index (χ0n) is 7.73. The number of nitrogens with two attached hydrogens (primary N) is 2. The van der Waals surface area contributed by atoms with Crippen molar-refractivity contribution in [2.75, 3.05) is 26.3 Å². The number of aliphatic hydroxyl groups excluding tert-OH is 1. The zero-order chi connectivity index (χ0) is 11.0. The summed E-state index contributed by atoms with van der Waals surface area (Å²) in [5.74, 6) is -1.31. The fourth-order valence-electron chi connectivity index (χ4n) is 0.610.